The van der Waals surface area contributed by atoms with Gasteiger partial charge >= 0.3 is 0 Å². The zero-order valence-electron chi connectivity index (χ0n) is 16.1. The van der Waals surface area contributed by atoms with Crippen molar-refractivity contribution in [2.75, 3.05) is 24.9 Å². The number of amides is 2. The number of benzene rings is 2. The Morgan fingerprint density at radius 2 is 1.14 bits per heavy atom. The maximum atomic E-state index is 12.5. The van der Waals surface area contributed by atoms with Gasteiger partial charge in [0.25, 0.3) is 11.8 Å². The van der Waals surface area contributed by atoms with E-state index in [-0.39, 0.29) is 11.9 Å². The fraction of sp³-hybridized carbons (Fsp3) is 0.150. The average Bonchev–Trinajstić information content (AvgIpc) is 2.73. The Bertz CT molecular complexity index is 975. The van der Waals surface area contributed by atoms with E-state index in [9.17, 15) is 9.59 Å². The van der Waals surface area contributed by atoms with Gasteiger partial charge in [-0.3, -0.25) is 20.2 Å². The summed E-state index contributed by atoms with van der Waals surface area (Å²) in [5.74, 6) is 0.268. The van der Waals surface area contributed by atoms with Crippen molar-refractivity contribution in [3.05, 3.63) is 65.5 Å². The fourth-order valence-electron chi connectivity index (χ4n) is 2.60. The van der Waals surface area contributed by atoms with Gasteiger partial charge in [0.15, 0.2) is 0 Å². The van der Waals surface area contributed by atoms with Crippen molar-refractivity contribution < 1.29 is 19.1 Å². The molecule has 0 unspecified atom stereocenters. The van der Waals surface area contributed by atoms with Crippen LogP contribution in [0.2, 0.25) is 0 Å². The van der Waals surface area contributed by atoms with E-state index in [4.69, 9.17) is 9.47 Å². The van der Waals surface area contributed by atoms with Gasteiger partial charge in [-0.1, -0.05) is 24.3 Å². The monoisotopic (exact) mass is 393 g/mol. The number of methoxy groups -OCH3 is 2. The summed E-state index contributed by atoms with van der Waals surface area (Å²) in [6.45, 7) is 1.62. The molecule has 1 aromatic heterocycles. The van der Waals surface area contributed by atoms with Gasteiger partial charge < -0.3 is 9.47 Å². The molecule has 3 aromatic rings. The first-order chi connectivity index (χ1) is 14.0. The lowest BCUT2D eigenvalue weighted by Crippen LogP contribution is -2.19. The lowest BCUT2D eigenvalue weighted by atomic mass is 10.2. The molecule has 0 saturated carbocycles. The first kappa shape index (κ1) is 19.7. The highest BCUT2D eigenvalue weighted by Gasteiger charge is 2.16. The Hall–Kier alpha value is -4.01. The minimum Gasteiger partial charge on any atom is -0.496 e. The number of rotatable bonds is 6. The number of ether oxygens (including phenoxy) is 2. The van der Waals surface area contributed by atoms with Gasteiger partial charge in [0.2, 0.25) is 11.9 Å². The van der Waals surface area contributed by atoms with Crippen molar-refractivity contribution in [3.8, 4) is 11.5 Å². The highest BCUT2D eigenvalue weighted by Crippen LogP contribution is 2.20. The second kappa shape index (κ2) is 8.79. The molecule has 0 atom stereocenters. The molecule has 2 N–H and O–H groups in total. The minimum atomic E-state index is -0.449. The zero-order chi connectivity index (χ0) is 20.8. The van der Waals surface area contributed by atoms with E-state index in [1.54, 1.807) is 55.5 Å². The van der Waals surface area contributed by atoms with E-state index < -0.39 is 11.8 Å². The normalized spacial score (nSPS) is 10.2. The molecule has 9 heteroatoms. The van der Waals surface area contributed by atoms with Crippen LogP contribution in [0.25, 0.3) is 0 Å². The summed E-state index contributed by atoms with van der Waals surface area (Å²) in [4.78, 5) is 37.4. The molecule has 0 spiro atoms. The smallest absolute Gasteiger partial charge is 0.261 e. The quantitative estimate of drug-likeness (QED) is 0.661. The molecule has 0 aliphatic rings. The Kier molecular flexibility index (Phi) is 5.98. The molecular weight excluding hydrogens is 374 g/mol. The van der Waals surface area contributed by atoms with E-state index in [1.165, 1.54) is 14.2 Å². The molecule has 2 amide bonds. The number of hydrogen-bond donors (Lipinski definition) is 2. The second-order valence-electron chi connectivity index (χ2n) is 5.84. The number of nitrogens with one attached hydrogen (secondary N) is 2. The van der Waals surface area contributed by atoms with Crippen LogP contribution in [-0.4, -0.2) is 41.0 Å². The molecule has 0 radical (unpaired) electrons. The Morgan fingerprint density at radius 3 is 1.55 bits per heavy atom. The third-order valence-electron chi connectivity index (χ3n) is 3.90. The van der Waals surface area contributed by atoms with Crippen molar-refractivity contribution >= 4 is 23.7 Å². The van der Waals surface area contributed by atoms with Crippen LogP contribution in [0.3, 0.4) is 0 Å². The third-order valence-corrected chi connectivity index (χ3v) is 3.90. The first-order valence-electron chi connectivity index (χ1n) is 8.63. The molecule has 9 nitrogen and oxygen atoms in total. The standard InChI is InChI=1S/C20H19N5O4/c1-12-21-19(23-17(26)13-8-4-6-10-15(13)28-2)25-20(22-12)24-18(27)14-9-5-7-11-16(14)29-3/h4-11H,1-3H3,(H2,21,22,23,24,25,26,27). The maximum Gasteiger partial charge on any atom is 0.261 e. The SMILES string of the molecule is COc1ccccc1C(=O)Nc1nc(C)nc(NC(=O)c2ccccc2OC)n1. The molecule has 148 valence electrons. The maximum absolute atomic E-state index is 12.5. The van der Waals surface area contributed by atoms with Gasteiger partial charge in [0.05, 0.1) is 25.3 Å². The van der Waals surface area contributed by atoms with E-state index in [1.807, 2.05) is 0 Å². The lowest BCUT2D eigenvalue weighted by molar-refractivity contribution is 0.101. The summed E-state index contributed by atoms with van der Waals surface area (Å²) < 4.78 is 10.4. The third kappa shape index (κ3) is 4.64. The van der Waals surface area contributed by atoms with Crippen LogP contribution < -0.4 is 20.1 Å². The second-order valence-corrected chi connectivity index (χ2v) is 5.84. The predicted octanol–water partition coefficient (Wildman–Crippen LogP) is 2.70. The Balaban J connectivity index is 1.81. The van der Waals surface area contributed by atoms with Crippen LogP contribution >= 0.6 is 0 Å². The van der Waals surface area contributed by atoms with Gasteiger partial charge in [-0.05, 0) is 31.2 Å². The number of nitrogens with zero attached hydrogens (tertiary/aromatic N) is 3. The van der Waals surface area contributed by atoms with Crippen LogP contribution in [0.1, 0.15) is 26.5 Å². The van der Waals surface area contributed by atoms with Crippen molar-refractivity contribution in [3.63, 3.8) is 0 Å². The van der Waals surface area contributed by atoms with Crippen molar-refractivity contribution in [1.82, 2.24) is 15.0 Å². The van der Waals surface area contributed by atoms with Crippen LogP contribution in [0.5, 0.6) is 11.5 Å². The zero-order valence-corrected chi connectivity index (χ0v) is 16.1. The molecule has 2 aromatic carbocycles. The molecule has 29 heavy (non-hydrogen) atoms. The molecule has 3 rings (SSSR count). The molecule has 0 aliphatic heterocycles. The molecular formula is C20H19N5O4. The molecule has 0 bridgehead atoms. The number of carbonyl (C=O) groups excluding carboxylic acids is 2. The molecule has 0 fully saturated rings. The predicted molar refractivity (Wildman–Crippen MR) is 106 cm³/mol. The van der Waals surface area contributed by atoms with E-state index >= 15 is 0 Å². The van der Waals surface area contributed by atoms with Crippen LogP contribution in [-0.2, 0) is 0 Å². The van der Waals surface area contributed by atoms with Crippen molar-refractivity contribution in [2.24, 2.45) is 0 Å². The topological polar surface area (TPSA) is 115 Å². The summed E-state index contributed by atoms with van der Waals surface area (Å²) in [5, 5.41) is 5.19. The summed E-state index contributed by atoms with van der Waals surface area (Å²) >= 11 is 0. The number of para-hydroxylation sites is 2. The molecule has 0 aliphatic carbocycles. The number of carbonyl (C=O) groups is 2. The van der Waals surface area contributed by atoms with Gasteiger partial charge in [-0.2, -0.15) is 15.0 Å². The summed E-state index contributed by atoms with van der Waals surface area (Å²) in [6, 6.07) is 13.5. The lowest BCUT2D eigenvalue weighted by Gasteiger charge is -2.10. The first-order valence-corrected chi connectivity index (χ1v) is 8.63. The Morgan fingerprint density at radius 1 is 0.724 bits per heavy atom. The molecule has 0 saturated heterocycles. The van der Waals surface area contributed by atoms with Crippen molar-refractivity contribution in [1.29, 1.82) is 0 Å². The number of anilines is 2. The van der Waals surface area contributed by atoms with Crippen LogP contribution in [0.4, 0.5) is 11.9 Å². The van der Waals surface area contributed by atoms with Gasteiger partial charge in [-0.25, -0.2) is 0 Å². The highest BCUT2D eigenvalue weighted by molar-refractivity contribution is 6.06. The van der Waals surface area contributed by atoms with Crippen LogP contribution in [0, 0.1) is 6.92 Å². The summed E-state index contributed by atoms with van der Waals surface area (Å²) in [7, 11) is 2.95. The van der Waals surface area contributed by atoms with Gasteiger partial charge in [-0.15, -0.1) is 0 Å². The molecule has 1 heterocycles. The largest absolute Gasteiger partial charge is 0.496 e. The van der Waals surface area contributed by atoms with E-state index in [0.29, 0.717) is 28.5 Å². The highest BCUT2D eigenvalue weighted by atomic mass is 16.5. The fourth-order valence-corrected chi connectivity index (χ4v) is 2.60. The van der Waals surface area contributed by atoms with E-state index in [2.05, 4.69) is 25.6 Å². The van der Waals surface area contributed by atoms with E-state index in [0.717, 1.165) is 0 Å². The number of aromatic nitrogens is 3. The number of aryl methyl sites for hydroxylation is 1. The minimum absolute atomic E-state index is 0.00346. The average molecular weight is 393 g/mol. The number of hydrogen-bond acceptors (Lipinski definition) is 7. The van der Waals surface area contributed by atoms with Gasteiger partial charge in [0, 0.05) is 0 Å². The summed E-state index contributed by atoms with van der Waals surface area (Å²) in [5.41, 5.74) is 0.653. The summed E-state index contributed by atoms with van der Waals surface area (Å²) in [6.07, 6.45) is 0. The van der Waals surface area contributed by atoms with Crippen LogP contribution in [0.15, 0.2) is 48.5 Å². The van der Waals surface area contributed by atoms with Crippen molar-refractivity contribution in [2.45, 2.75) is 6.92 Å². The van der Waals surface area contributed by atoms with Gasteiger partial charge in [0.1, 0.15) is 17.3 Å². The Labute approximate surface area is 167 Å².